The van der Waals surface area contributed by atoms with Crippen LogP contribution in [0.2, 0.25) is 0 Å². The van der Waals surface area contributed by atoms with E-state index in [1.165, 1.54) is 11.3 Å². The third kappa shape index (κ3) is 2.23. The molecule has 2 aromatic heterocycles. The van der Waals surface area contributed by atoms with E-state index in [1.54, 1.807) is 18.3 Å². The van der Waals surface area contributed by atoms with Crippen LogP contribution >= 0.6 is 22.7 Å². The summed E-state index contributed by atoms with van der Waals surface area (Å²) in [6.07, 6.45) is 0. The number of nitriles is 1. The topological polar surface area (TPSA) is 52.9 Å². The Balaban J connectivity index is 2.05. The first-order chi connectivity index (χ1) is 7.70. The number of nitrogens with zero attached hydrogens (tertiary/aromatic N) is 1. The molecule has 0 spiro atoms. The van der Waals surface area contributed by atoms with E-state index in [0.717, 1.165) is 9.40 Å². The molecule has 0 aromatic carbocycles. The maximum absolute atomic E-state index is 11.7. The third-order valence-corrected chi connectivity index (χ3v) is 4.24. The second-order valence-corrected chi connectivity index (χ2v) is 5.53. The lowest BCUT2D eigenvalue weighted by atomic mass is 10.2. The Labute approximate surface area is 101 Å². The molecule has 16 heavy (non-hydrogen) atoms. The molecule has 0 aliphatic carbocycles. The van der Waals surface area contributed by atoms with E-state index in [2.05, 4.69) is 11.4 Å². The molecule has 0 fully saturated rings. The van der Waals surface area contributed by atoms with Gasteiger partial charge >= 0.3 is 0 Å². The molecule has 1 amide bonds. The van der Waals surface area contributed by atoms with Gasteiger partial charge in [-0.25, -0.2) is 0 Å². The fourth-order valence-corrected chi connectivity index (χ4v) is 3.28. The molecule has 0 bridgehead atoms. The summed E-state index contributed by atoms with van der Waals surface area (Å²) >= 11 is 3.12. The minimum absolute atomic E-state index is 0.0875. The molecule has 0 aliphatic rings. The van der Waals surface area contributed by atoms with Crippen LogP contribution in [0.25, 0.3) is 9.40 Å². The first-order valence-corrected chi connectivity index (χ1v) is 6.55. The number of fused-ring (bicyclic) bond motifs is 1. The van der Waals surface area contributed by atoms with E-state index in [4.69, 9.17) is 5.26 Å². The lowest BCUT2D eigenvalue weighted by Crippen LogP contribution is -2.26. The molecule has 1 N–H and O–H groups in total. The molecule has 1 atom stereocenters. The first-order valence-electron chi connectivity index (χ1n) is 4.85. The summed E-state index contributed by atoms with van der Waals surface area (Å²) in [4.78, 5) is 12.4. The van der Waals surface area contributed by atoms with Crippen molar-refractivity contribution in [3.63, 3.8) is 0 Å². The van der Waals surface area contributed by atoms with Crippen molar-refractivity contribution in [2.24, 2.45) is 5.92 Å². The predicted molar refractivity (Wildman–Crippen MR) is 66.8 cm³/mol. The summed E-state index contributed by atoms with van der Waals surface area (Å²) in [6.45, 7) is 2.19. The summed E-state index contributed by atoms with van der Waals surface area (Å²) in [5.41, 5.74) is 0. The van der Waals surface area contributed by atoms with Gasteiger partial charge in [0.25, 0.3) is 5.91 Å². The quantitative estimate of drug-likeness (QED) is 0.910. The molecule has 0 aliphatic heterocycles. The molecule has 2 aromatic rings. The number of thiophene rings is 2. The van der Waals surface area contributed by atoms with Crippen molar-refractivity contribution >= 4 is 38.0 Å². The zero-order chi connectivity index (χ0) is 11.5. The monoisotopic (exact) mass is 250 g/mol. The highest BCUT2D eigenvalue weighted by Gasteiger charge is 2.11. The SMILES string of the molecule is CC(C#N)CNC(=O)c1cc2sccc2s1. The van der Waals surface area contributed by atoms with Crippen LogP contribution in [0.15, 0.2) is 17.5 Å². The standard InChI is InChI=1S/C11H10N2OS2/c1-7(5-12)6-13-11(14)10-4-9-8(16-10)2-3-15-9/h2-4,7H,6H2,1H3,(H,13,14). The fraction of sp³-hybridized carbons (Fsp3) is 0.273. The highest BCUT2D eigenvalue weighted by molar-refractivity contribution is 7.27. The average Bonchev–Trinajstić information content (AvgIpc) is 2.85. The smallest absolute Gasteiger partial charge is 0.261 e. The Hall–Kier alpha value is -1.38. The Bertz CT molecular complexity index is 521. The number of amides is 1. The van der Waals surface area contributed by atoms with Crippen LogP contribution < -0.4 is 5.32 Å². The number of carbonyl (C=O) groups excluding carboxylic acids is 1. The minimum atomic E-state index is -0.148. The second kappa shape index (κ2) is 4.64. The van der Waals surface area contributed by atoms with Gasteiger partial charge in [-0.1, -0.05) is 0 Å². The Kier molecular flexibility index (Phi) is 3.22. The lowest BCUT2D eigenvalue weighted by molar-refractivity contribution is 0.0955. The molecule has 3 nitrogen and oxygen atoms in total. The summed E-state index contributed by atoms with van der Waals surface area (Å²) in [7, 11) is 0. The number of rotatable bonds is 3. The molecule has 2 rings (SSSR count). The van der Waals surface area contributed by atoms with Gasteiger partial charge in [-0.05, 0) is 24.4 Å². The van der Waals surface area contributed by atoms with E-state index >= 15 is 0 Å². The van der Waals surface area contributed by atoms with Gasteiger partial charge in [-0.15, -0.1) is 22.7 Å². The molecule has 82 valence electrons. The highest BCUT2D eigenvalue weighted by Crippen LogP contribution is 2.29. The average molecular weight is 250 g/mol. The summed E-state index contributed by atoms with van der Waals surface area (Å²) < 4.78 is 2.28. The van der Waals surface area contributed by atoms with Crippen LogP contribution in [-0.2, 0) is 0 Å². The van der Waals surface area contributed by atoms with Crippen LogP contribution in [0.5, 0.6) is 0 Å². The molecule has 0 radical (unpaired) electrons. The minimum Gasteiger partial charge on any atom is -0.350 e. The van der Waals surface area contributed by atoms with E-state index in [-0.39, 0.29) is 11.8 Å². The normalized spacial score (nSPS) is 12.2. The Morgan fingerprint density at radius 3 is 3.12 bits per heavy atom. The number of carbonyl (C=O) groups is 1. The van der Waals surface area contributed by atoms with Crippen molar-refractivity contribution in [1.82, 2.24) is 5.32 Å². The first kappa shape index (κ1) is 11.1. The zero-order valence-electron chi connectivity index (χ0n) is 8.69. The largest absolute Gasteiger partial charge is 0.350 e. The zero-order valence-corrected chi connectivity index (χ0v) is 10.3. The Morgan fingerprint density at radius 1 is 1.62 bits per heavy atom. The molecule has 0 saturated carbocycles. The number of hydrogen-bond acceptors (Lipinski definition) is 4. The van der Waals surface area contributed by atoms with Gasteiger partial charge in [0.05, 0.1) is 16.9 Å². The van der Waals surface area contributed by atoms with Crippen molar-refractivity contribution in [3.8, 4) is 6.07 Å². The molecule has 0 saturated heterocycles. The summed E-state index contributed by atoms with van der Waals surface area (Å²) in [5.74, 6) is -0.236. The van der Waals surface area contributed by atoms with Crippen molar-refractivity contribution in [2.75, 3.05) is 6.54 Å². The fourth-order valence-electron chi connectivity index (χ4n) is 1.26. The van der Waals surface area contributed by atoms with Crippen LogP contribution in [0, 0.1) is 17.2 Å². The van der Waals surface area contributed by atoms with Gasteiger partial charge < -0.3 is 5.32 Å². The molecule has 2 heterocycles. The van der Waals surface area contributed by atoms with E-state index < -0.39 is 0 Å². The van der Waals surface area contributed by atoms with E-state index in [0.29, 0.717) is 11.4 Å². The van der Waals surface area contributed by atoms with Gasteiger partial charge in [0, 0.05) is 15.9 Å². The second-order valence-electron chi connectivity index (χ2n) is 3.50. The highest BCUT2D eigenvalue weighted by atomic mass is 32.1. The molecular formula is C11H10N2OS2. The van der Waals surface area contributed by atoms with Crippen LogP contribution in [0.3, 0.4) is 0 Å². The van der Waals surface area contributed by atoms with Crippen LogP contribution in [-0.4, -0.2) is 12.5 Å². The van der Waals surface area contributed by atoms with E-state index in [1.807, 2.05) is 17.5 Å². The van der Waals surface area contributed by atoms with Crippen molar-refractivity contribution in [2.45, 2.75) is 6.92 Å². The molecular weight excluding hydrogens is 240 g/mol. The van der Waals surface area contributed by atoms with E-state index in [9.17, 15) is 4.79 Å². The number of hydrogen-bond donors (Lipinski definition) is 1. The maximum atomic E-state index is 11.7. The van der Waals surface area contributed by atoms with Crippen molar-refractivity contribution in [3.05, 3.63) is 22.4 Å². The Morgan fingerprint density at radius 2 is 2.44 bits per heavy atom. The molecule has 1 unspecified atom stereocenters. The van der Waals surface area contributed by atoms with Crippen LogP contribution in [0.4, 0.5) is 0 Å². The molecule has 5 heteroatoms. The van der Waals surface area contributed by atoms with Gasteiger partial charge in [-0.3, -0.25) is 4.79 Å². The van der Waals surface area contributed by atoms with Gasteiger partial charge in [0.15, 0.2) is 0 Å². The summed E-state index contributed by atoms with van der Waals surface area (Å²) in [6, 6.07) is 6.00. The lowest BCUT2D eigenvalue weighted by Gasteiger charge is -2.03. The van der Waals surface area contributed by atoms with Gasteiger partial charge in [0.1, 0.15) is 0 Å². The number of nitrogens with one attached hydrogen (secondary N) is 1. The third-order valence-electron chi connectivity index (χ3n) is 2.15. The maximum Gasteiger partial charge on any atom is 0.261 e. The van der Waals surface area contributed by atoms with Gasteiger partial charge in [0.2, 0.25) is 0 Å². The predicted octanol–water partition coefficient (Wildman–Crippen LogP) is 2.85. The van der Waals surface area contributed by atoms with Crippen molar-refractivity contribution in [1.29, 1.82) is 5.26 Å². The van der Waals surface area contributed by atoms with Crippen LogP contribution in [0.1, 0.15) is 16.6 Å². The summed E-state index contributed by atoms with van der Waals surface area (Å²) in [5, 5.41) is 13.4. The van der Waals surface area contributed by atoms with Crippen molar-refractivity contribution < 1.29 is 4.79 Å². The van der Waals surface area contributed by atoms with Gasteiger partial charge in [-0.2, -0.15) is 5.26 Å².